The average Bonchev–Trinajstić information content (AvgIpc) is 2.78. The van der Waals surface area contributed by atoms with E-state index < -0.39 is 0 Å². The molecule has 0 saturated heterocycles. The second-order valence-corrected chi connectivity index (χ2v) is 7.05. The molecule has 1 aliphatic heterocycles. The van der Waals surface area contributed by atoms with E-state index in [2.05, 4.69) is 15.6 Å². The van der Waals surface area contributed by atoms with E-state index >= 15 is 0 Å². The summed E-state index contributed by atoms with van der Waals surface area (Å²) in [4.78, 5) is 15.7. The molecule has 4 N–H and O–H groups in total. The molecular weight excluding hydrogens is 519 g/mol. The maximum absolute atomic E-state index is 11.4. The zero-order valence-electron chi connectivity index (χ0n) is 17.4. The summed E-state index contributed by atoms with van der Waals surface area (Å²) in [5.74, 6) is 2.57. The summed E-state index contributed by atoms with van der Waals surface area (Å²) in [5, 5.41) is 5.92. The van der Waals surface area contributed by atoms with Crippen LogP contribution in [0.5, 0.6) is 17.2 Å². The standard InChI is InChI=1S/C24H24N4O3.HI/c25-24(27-18-5-4-8-21(16-18)31-19-6-2-1-3-7-19)26-13-14-30-20-10-11-22-17(15-20)9-12-23(29)28-22;/h1-8,10-11,15-16H,9,12-14H2,(H,28,29)(H3,25,26,27);1H. The summed E-state index contributed by atoms with van der Waals surface area (Å²) in [7, 11) is 0. The van der Waals surface area contributed by atoms with Gasteiger partial charge in [0.25, 0.3) is 0 Å². The fourth-order valence-corrected chi connectivity index (χ4v) is 3.23. The molecule has 1 heterocycles. The molecule has 0 atom stereocenters. The first-order valence-electron chi connectivity index (χ1n) is 10.1. The van der Waals surface area contributed by atoms with Crippen molar-refractivity contribution in [2.75, 3.05) is 23.8 Å². The molecule has 0 bridgehead atoms. The van der Waals surface area contributed by atoms with Crippen LogP contribution in [0.1, 0.15) is 12.0 Å². The topological polar surface area (TPSA) is 98.0 Å². The maximum Gasteiger partial charge on any atom is 0.224 e. The van der Waals surface area contributed by atoms with Crippen LogP contribution in [-0.2, 0) is 11.2 Å². The molecule has 3 aromatic carbocycles. The van der Waals surface area contributed by atoms with Crippen molar-refractivity contribution >= 4 is 47.2 Å². The Labute approximate surface area is 204 Å². The Kier molecular flexibility index (Phi) is 8.32. The lowest BCUT2D eigenvalue weighted by Gasteiger charge is -2.17. The second kappa shape index (κ2) is 11.4. The highest BCUT2D eigenvalue weighted by Gasteiger charge is 2.14. The maximum atomic E-state index is 11.4. The van der Waals surface area contributed by atoms with Gasteiger partial charge in [0, 0.05) is 23.9 Å². The van der Waals surface area contributed by atoms with Crippen molar-refractivity contribution in [1.29, 1.82) is 0 Å². The van der Waals surface area contributed by atoms with Gasteiger partial charge in [-0.1, -0.05) is 24.3 Å². The number of nitrogens with one attached hydrogen (secondary N) is 2. The molecule has 166 valence electrons. The fraction of sp³-hybridized carbons (Fsp3) is 0.167. The molecule has 0 aromatic heterocycles. The highest BCUT2D eigenvalue weighted by molar-refractivity contribution is 14.0. The van der Waals surface area contributed by atoms with Gasteiger partial charge in [-0.05, 0) is 54.4 Å². The number of para-hydroxylation sites is 1. The van der Waals surface area contributed by atoms with E-state index in [0.29, 0.717) is 31.3 Å². The van der Waals surface area contributed by atoms with Gasteiger partial charge in [-0.25, -0.2) is 4.99 Å². The molecule has 1 aliphatic rings. The number of rotatable bonds is 7. The predicted molar refractivity (Wildman–Crippen MR) is 137 cm³/mol. The number of hydrogen-bond acceptors (Lipinski definition) is 4. The number of nitrogens with zero attached hydrogens (tertiary/aromatic N) is 1. The Bertz CT molecular complexity index is 1090. The van der Waals surface area contributed by atoms with E-state index in [4.69, 9.17) is 15.2 Å². The van der Waals surface area contributed by atoms with Gasteiger partial charge >= 0.3 is 0 Å². The van der Waals surface area contributed by atoms with Crippen LogP contribution in [0.2, 0.25) is 0 Å². The van der Waals surface area contributed by atoms with Crippen LogP contribution < -0.4 is 25.8 Å². The number of hydrogen-bond donors (Lipinski definition) is 3. The lowest BCUT2D eigenvalue weighted by atomic mass is 10.0. The van der Waals surface area contributed by atoms with Crippen molar-refractivity contribution in [3.05, 3.63) is 78.4 Å². The summed E-state index contributed by atoms with van der Waals surface area (Å²) in [6.07, 6.45) is 1.22. The van der Waals surface area contributed by atoms with E-state index in [0.717, 1.165) is 34.9 Å². The van der Waals surface area contributed by atoms with Gasteiger partial charge in [-0.3, -0.25) is 4.79 Å². The Morgan fingerprint density at radius 1 is 0.969 bits per heavy atom. The van der Waals surface area contributed by atoms with Gasteiger partial charge in [-0.2, -0.15) is 0 Å². The Morgan fingerprint density at radius 2 is 1.78 bits per heavy atom. The number of ether oxygens (including phenoxy) is 2. The Balaban J connectivity index is 0.00000289. The minimum Gasteiger partial charge on any atom is -0.492 e. The summed E-state index contributed by atoms with van der Waals surface area (Å²) < 4.78 is 11.6. The number of benzene rings is 3. The summed E-state index contributed by atoms with van der Waals surface area (Å²) >= 11 is 0. The van der Waals surface area contributed by atoms with Crippen LogP contribution in [0.4, 0.5) is 11.4 Å². The number of nitrogens with two attached hydrogens (primary N) is 1. The third kappa shape index (κ3) is 6.61. The number of anilines is 2. The third-order valence-electron chi connectivity index (χ3n) is 4.70. The molecule has 0 unspecified atom stereocenters. The Morgan fingerprint density at radius 3 is 2.62 bits per heavy atom. The third-order valence-corrected chi connectivity index (χ3v) is 4.70. The van der Waals surface area contributed by atoms with E-state index in [9.17, 15) is 4.79 Å². The van der Waals surface area contributed by atoms with Crippen molar-refractivity contribution in [3.8, 4) is 17.2 Å². The van der Waals surface area contributed by atoms with Crippen LogP contribution in [0.25, 0.3) is 0 Å². The van der Waals surface area contributed by atoms with Crippen LogP contribution in [0, 0.1) is 0 Å². The fourth-order valence-electron chi connectivity index (χ4n) is 3.23. The molecule has 8 heteroatoms. The quantitative estimate of drug-likeness (QED) is 0.172. The summed E-state index contributed by atoms with van der Waals surface area (Å²) in [5.41, 5.74) is 8.72. The lowest BCUT2D eigenvalue weighted by Crippen LogP contribution is -2.23. The first kappa shape index (κ1) is 23.4. The number of halogens is 1. The highest BCUT2D eigenvalue weighted by atomic mass is 127. The van der Waals surface area contributed by atoms with Crippen LogP contribution in [-0.4, -0.2) is 25.0 Å². The summed E-state index contributed by atoms with van der Waals surface area (Å²) in [6, 6.07) is 22.8. The van der Waals surface area contributed by atoms with Crippen molar-refractivity contribution < 1.29 is 14.3 Å². The van der Waals surface area contributed by atoms with Gasteiger partial charge in [0.2, 0.25) is 5.91 Å². The minimum absolute atomic E-state index is 0. The molecule has 0 spiro atoms. The molecular formula is C24H25IN4O3. The van der Waals surface area contributed by atoms with Gasteiger partial charge in [-0.15, -0.1) is 24.0 Å². The molecule has 0 aliphatic carbocycles. The zero-order valence-corrected chi connectivity index (χ0v) is 19.7. The summed E-state index contributed by atoms with van der Waals surface area (Å²) in [6.45, 7) is 0.803. The number of aliphatic imine (C=N–C) groups is 1. The van der Waals surface area contributed by atoms with E-state index in [1.165, 1.54) is 0 Å². The Hall–Kier alpha value is -3.27. The van der Waals surface area contributed by atoms with E-state index in [1.807, 2.05) is 72.8 Å². The molecule has 1 amide bonds. The number of guanidine groups is 1. The largest absolute Gasteiger partial charge is 0.492 e. The SMILES string of the molecule is I.NC(=NCCOc1ccc2c(c1)CCC(=O)N2)Nc1cccc(Oc2ccccc2)c1. The highest BCUT2D eigenvalue weighted by Crippen LogP contribution is 2.27. The van der Waals surface area contributed by atoms with Crippen molar-refractivity contribution in [2.45, 2.75) is 12.8 Å². The van der Waals surface area contributed by atoms with E-state index in [-0.39, 0.29) is 29.9 Å². The van der Waals surface area contributed by atoms with Gasteiger partial charge in [0.15, 0.2) is 5.96 Å². The van der Waals surface area contributed by atoms with Crippen molar-refractivity contribution in [2.24, 2.45) is 10.7 Å². The van der Waals surface area contributed by atoms with Gasteiger partial charge in [0.1, 0.15) is 23.9 Å². The lowest BCUT2D eigenvalue weighted by molar-refractivity contribution is -0.116. The molecule has 4 rings (SSSR count). The van der Waals surface area contributed by atoms with Crippen LogP contribution >= 0.6 is 24.0 Å². The number of fused-ring (bicyclic) bond motifs is 1. The van der Waals surface area contributed by atoms with Crippen molar-refractivity contribution in [1.82, 2.24) is 0 Å². The predicted octanol–water partition coefficient (Wildman–Crippen LogP) is 4.79. The van der Waals surface area contributed by atoms with E-state index in [1.54, 1.807) is 0 Å². The molecule has 0 fully saturated rings. The van der Waals surface area contributed by atoms with Crippen LogP contribution in [0.3, 0.4) is 0 Å². The van der Waals surface area contributed by atoms with Crippen LogP contribution in [0.15, 0.2) is 77.8 Å². The monoisotopic (exact) mass is 544 g/mol. The second-order valence-electron chi connectivity index (χ2n) is 7.05. The average molecular weight is 544 g/mol. The number of carbonyl (C=O) groups excluding carboxylic acids is 1. The first-order valence-corrected chi connectivity index (χ1v) is 10.1. The molecule has 0 radical (unpaired) electrons. The number of amides is 1. The minimum atomic E-state index is 0. The molecule has 7 nitrogen and oxygen atoms in total. The first-order chi connectivity index (χ1) is 15.2. The van der Waals surface area contributed by atoms with Gasteiger partial charge in [0.05, 0.1) is 6.54 Å². The number of carbonyl (C=O) groups is 1. The number of aryl methyl sites for hydroxylation is 1. The normalized spacial score (nSPS) is 12.8. The molecule has 0 saturated carbocycles. The van der Waals surface area contributed by atoms with Crippen molar-refractivity contribution in [3.63, 3.8) is 0 Å². The zero-order chi connectivity index (χ0) is 21.5. The smallest absolute Gasteiger partial charge is 0.224 e. The van der Waals surface area contributed by atoms with Gasteiger partial charge < -0.3 is 25.8 Å². The molecule has 32 heavy (non-hydrogen) atoms. The molecule has 3 aromatic rings.